The summed E-state index contributed by atoms with van der Waals surface area (Å²) in [5, 5.41) is 0.190. The Bertz CT molecular complexity index is 483. The number of nitrogen functional groups attached to an aromatic ring is 1. The summed E-state index contributed by atoms with van der Waals surface area (Å²) in [5.41, 5.74) is 6.82. The van der Waals surface area contributed by atoms with Gasteiger partial charge in [0, 0.05) is 19.8 Å². The van der Waals surface area contributed by atoms with E-state index < -0.39 is 10.0 Å². The van der Waals surface area contributed by atoms with Crippen molar-refractivity contribution in [3.8, 4) is 0 Å². The van der Waals surface area contributed by atoms with E-state index in [-0.39, 0.29) is 9.92 Å². The summed E-state index contributed by atoms with van der Waals surface area (Å²) in [5.74, 6) is 0. The molecule has 0 saturated carbocycles. The van der Waals surface area contributed by atoms with Gasteiger partial charge < -0.3 is 5.73 Å². The molecule has 0 spiro atoms. The SMILES string of the molecule is Cc1cc(Cl)c(S(=O)(=O)N(C)C)cc1N. The molecule has 6 heteroatoms. The fourth-order valence-corrected chi connectivity index (χ4v) is 2.55. The first-order chi connectivity index (χ1) is 6.76. The fourth-order valence-electron chi connectivity index (χ4n) is 1.06. The zero-order valence-electron chi connectivity index (χ0n) is 8.78. The first kappa shape index (κ1) is 12.3. The smallest absolute Gasteiger partial charge is 0.244 e. The van der Waals surface area contributed by atoms with E-state index in [2.05, 4.69) is 0 Å². The number of aryl methyl sites for hydroxylation is 1. The van der Waals surface area contributed by atoms with E-state index >= 15 is 0 Å². The van der Waals surface area contributed by atoms with Crippen molar-refractivity contribution in [2.24, 2.45) is 0 Å². The lowest BCUT2D eigenvalue weighted by molar-refractivity contribution is 0.521. The fraction of sp³-hybridized carbons (Fsp3) is 0.333. The molecule has 0 radical (unpaired) electrons. The van der Waals surface area contributed by atoms with Crippen molar-refractivity contribution in [3.05, 3.63) is 22.7 Å². The van der Waals surface area contributed by atoms with Crippen LogP contribution in [0.3, 0.4) is 0 Å². The molecule has 15 heavy (non-hydrogen) atoms. The number of halogens is 1. The van der Waals surface area contributed by atoms with Crippen LogP contribution in [0, 0.1) is 6.92 Å². The topological polar surface area (TPSA) is 63.4 Å². The third kappa shape index (κ3) is 2.25. The highest BCUT2D eigenvalue weighted by Crippen LogP contribution is 2.28. The van der Waals surface area contributed by atoms with Crippen LogP contribution in [0.2, 0.25) is 5.02 Å². The Labute approximate surface area is 94.7 Å². The van der Waals surface area contributed by atoms with E-state index in [0.717, 1.165) is 9.87 Å². The lowest BCUT2D eigenvalue weighted by Gasteiger charge is -2.14. The molecule has 0 fully saturated rings. The van der Waals surface area contributed by atoms with E-state index in [1.807, 2.05) is 0 Å². The molecule has 0 atom stereocenters. The number of hydrogen-bond acceptors (Lipinski definition) is 3. The number of sulfonamides is 1. The molecule has 1 aromatic carbocycles. The van der Waals surface area contributed by atoms with E-state index in [4.69, 9.17) is 17.3 Å². The van der Waals surface area contributed by atoms with Gasteiger partial charge in [-0.2, -0.15) is 0 Å². The van der Waals surface area contributed by atoms with Crippen molar-refractivity contribution in [3.63, 3.8) is 0 Å². The quantitative estimate of drug-likeness (QED) is 0.807. The molecule has 1 rings (SSSR count). The van der Waals surface area contributed by atoms with Crippen LogP contribution in [-0.4, -0.2) is 26.8 Å². The minimum absolute atomic E-state index is 0.0391. The second kappa shape index (κ2) is 4.00. The normalized spacial score (nSPS) is 12.1. The predicted octanol–water partition coefficient (Wildman–Crippen LogP) is 1.48. The van der Waals surface area contributed by atoms with Gasteiger partial charge in [0.15, 0.2) is 0 Å². The summed E-state index contributed by atoms with van der Waals surface area (Å²) < 4.78 is 24.7. The Kier molecular flexibility index (Phi) is 3.28. The number of anilines is 1. The molecule has 0 amide bonds. The van der Waals surface area contributed by atoms with Crippen molar-refractivity contribution >= 4 is 27.3 Å². The summed E-state index contributed by atoms with van der Waals surface area (Å²) >= 11 is 5.87. The van der Waals surface area contributed by atoms with Crippen LogP contribution in [0.1, 0.15) is 5.56 Å². The first-order valence-electron chi connectivity index (χ1n) is 4.25. The first-order valence-corrected chi connectivity index (χ1v) is 6.06. The minimum Gasteiger partial charge on any atom is -0.398 e. The maximum Gasteiger partial charge on any atom is 0.244 e. The average molecular weight is 249 g/mol. The minimum atomic E-state index is -3.53. The molecule has 84 valence electrons. The van der Waals surface area contributed by atoms with Crippen LogP contribution in [0.5, 0.6) is 0 Å². The molecule has 0 aliphatic heterocycles. The molecular weight excluding hydrogens is 236 g/mol. The van der Waals surface area contributed by atoms with Crippen molar-refractivity contribution in [1.82, 2.24) is 4.31 Å². The molecule has 0 heterocycles. The van der Waals surface area contributed by atoms with Crippen LogP contribution >= 0.6 is 11.6 Å². The van der Waals surface area contributed by atoms with E-state index in [9.17, 15) is 8.42 Å². The second-order valence-corrected chi connectivity index (χ2v) is 5.95. The highest BCUT2D eigenvalue weighted by Gasteiger charge is 2.21. The molecule has 0 bridgehead atoms. The number of rotatable bonds is 2. The lowest BCUT2D eigenvalue weighted by Crippen LogP contribution is -2.22. The van der Waals surface area contributed by atoms with Gasteiger partial charge in [-0.25, -0.2) is 12.7 Å². The van der Waals surface area contributed by atoms with Crippen molar-refractivity contribution in [2.45, 2.75) is 11.8 Å². The van der Waals surface area contributed by atoms with Crippen LogP contribution in [0.15, 0.2) is 17.0 Å². The van der Waals surface area contributed by atoms with Crippen LogP contribution < -0.4 is 5.73 Å². The molecule has 0 unspecified atom stereocenters. The molecular formula is C9H13ClN2O2S. The Hall–Kier alpha value is -0.780. The molecule has 2 N–H and O–H groups in total. The third-order valence-electron chi connectivity index (χ3n) is 2.08. The predicted molar refractivity (Wildman–Crippen MR) is 61.5 cm³/mol. The number of hydrogen-bond donors (Lipinski definition) is 1. The number of nitrogens with zero attached hydrogens (tertiary/aromatic N) is 1. The van der Waals surface area contributed by atoms with Gasteiger partial charge >= 0.3 is 0 Å². The lowest BCUT2D eigenvalue weighted by atomic mass is 10.2. The van der Waals surface area contributed by atoms with Gasteiger partial charge in [-0.1, -0.05) is 11.6 Å². The maximum absolute atomic E-state index is 11.8. The Morgan fingerprint density at radius 3 is 2.33 bits per heavy atom. The Morgan fingerprint density at radius 2 is 1.87 bits per heavy atom. The standard InChI is InChI=1S/C9H13ClN2O2S/c1-6-4-7(10)9(5-8(6)11)15(13,14)12(2)3/h4-5H,11H2,1-3H3. The average Bonchev–Trinajstić information content (AvgIpc) is 2.10. The van der Waals surface area contributed by atoms with E-state index in [0.29, 0.717) is 5.69 Å². The van der Waals surface area contributed by atoms with Gasteiger partial charge in [-0.15, -0.1) is 0 Å². The highest BCUT2D eigenvalue weighted by molar-refractivity contribution is 7.89. The van der Waals surface area contributed by atoms with E-state index in [1.165, 1.54) is 20.2 Å². The Morgan fingerprint density at radius 1 is 1.33 bits per heavy atom. The van der Waals surface area contributed by atoms with Gasteiger partial charge in [0.25, 0.3) is 0 Å². The summed E-state index contributed by atoms with van der Waals surface area (Å²) in [4.78, 5) is 0.0391. The van der Waals surface area contributed by atoms with Gasteiger partial charge in [-0.3, -0.25) is 0 Å². The number of nitrogens with two attached hydrogens (primary N) is 1. The molecule has 4 nitrogen and oxygen atoms in total. The monoisotopic (exact) mass is 248 g/mol. The summed E-state index contributed by atoms with van der Waals surface area (Å²) in [6, 6.07) is 2.93. The summed E-state index contributed by atoms with van der Waals surface area (Å²) in [6.07, 6.45) is 0. The maximum atomic E-state index is 11.8. The third-order valence-corrected chi connectivity index (χ3v) is 4.36. The molecule has 0 aliphatic carbocycles. The largest absolute Gasteiger partial charge is 0.398 e. The van der Waals surface area contributed by atoms with Gasteiger partial charge in [0.1, 0.15) is 4.90 Å². The highest BCUT2D eigenvalue weighted by atomic mass is 35.5. The van der Waals surface area contributed by atoms with Crippen molar-refractivity contribution in [1.29, 1.82) is 0 Å². The number of benzene rings is 1. The van der Waals surface area contributed by atoms with Crippen molar-refractivity contribution in [2.75, 3.05) is 19.8 Å². The van der Waals surface area contributed by atoms with Crippen LogP contribution in [0.4, 0.5) is 5.69 Å². The van der Waals surface area contributed by atoms with Crippen LogP contribution in [-0.2, 0) is 10.0 Å². The molecule has 0 aliphatic rings. The Balaban J connectivity index is 3.46. The molecule has 0 saturated heterocycles. The van der Waals surface area contributed by atoms with E-state index in [1.54, 1.807) is 13.0 Å². The second-order valence-electron chi connectivity index (χ2n) is 3.43. The van der Waals surface area contributed by atoms with Crippen molar-refractivity contribution < 1.29 is 8.42 Å². The zero-order chi connectivity index (χ0) is 11.8. The molecule has 1 aromatic rings. The van der Waals surface area contributed by atoms with Gasteiger partial charge in [0.2, 0.25) is 10.0 Å². The van der Waals surface area contributed by atoms with Crippen LogP contribution in [0.25, 0.3) is 0 Å². The van der Waals surface area contributed by atoms with Gasteiger partial charge in [-0.05, 0) is 24.6 Å². The molecule has 0 aromatic heterocycles. The van der Waals surface area contributed by atoms with Gasteiger partial charge in [0.05, 0.1) is 5.02 Å². The summed E-state index contributed by atoms with van der Waals surface area (Å²) in [7, 11) is -0.633. The summed E-state index contributed by atoms with van der Waals surface area (Å²) in [6.45, 7) is 1.77. The zero-order valence-corrected chi connectivity index (χ0v) is 10.4.